The Hall–Kier alpha value is -2.24. The molecule has 0 aliphatic carbocycles. The van der Waals surface area contributed by atoms with E-state index in [9.17, 15) is 9.59 Å². The summed E-state index contributed by atoms with van der Waals surface area (Å²) in [6.45, 7) is 11.8. The summed E-state index contributed by atoms with van der Waals surface area (Å²) in [6.07, 6.45) is 1.26. The third-order valence-corrected chi connectivity index (χ3v) is 6.44. The maximum atomic E-state index is 13.4. The van der Waals surface area contributed by atoms with Crippen LogP contribution >= 0.6 is 23.2 Å². The van der Waals surface area contributed by atoms with Crippen molar-refractivity contribution in [3.63, 3.8) is 0 Å². The zero-order valence-corrected chi connectivity index (χ0v) is 21.8. The zero-order valence-electron chi connectivity index (χ0n) is 20.3. The molecule has 0 bridgehead atoms. The van der Waals surface area contributed by atoms with Gasteiger partial charge in [-0.2, -0.15) is 0 Å². The first-order valence-electron chi connectivity index (χ1n) is 11.3. The Balaban J connectivity index is 2.31. The van der Waals surface area contributed by atoms with Crippen molar-refractivity contribution in [1.82, 2.24) is 10.2 Å². The van der Waals surface area contributed by atoms with Crippen molar-refractivity contribution in [1.29, 1.82) is 0 Å². The second-order valence-electron chi connectivity index (χ2n) is 8.49. The van der Waals surface area contributed by atoms with Crippen molar-refractivity contribution < 1.29 is 14.3 Å². The maximum absolute atomic E-state index is 13.4. The second-order valence-corrected chi connectivity index (χ2v) is 9.34. The van der Waals surface area contributed by atoms with Crippen LogP contribution in [0.5, 0.6) is 5.75 Å². The van der Waals surface area contributed by atoms with Crippen molar-refractivity contribution in [2.24, 2.45) is 0 Å². The third-order valence-electron chi connectivity index (χ3n) is 5.86. The Morgan fingerprint density at radius 3 is 2.36 bits per heavy atom. The predicted octanol–water partition coefficient (Wildman–Crippen LogP) is 6.02. The number of nitrogens with zero attached hydrogens (tertiary/aromatic N) is 1. The lowest BCUT2D eigenvalue weighted by Crippen LogP contribution is -2.51. The van der Waals surface area contributed by atoms with Gasteiger partial charge in [0.15, 0.2) is 6.61 Å². The van der Waals surface area contributed by atoms with E-state index in [2.05, 4.69) is 11.4 Å². The molecule has 1 N–H and O–H groups in total. The Kier molecular flexibility index (Phi) is 10.1. The summed E-state index contributed by atoms with van der Waals surface area (Å²) in [5, 5.41) is 3.95. The quantitative estimate of drug-likeness (QED) is 0.440. The van der Waals surface area contributed by atoms with Gasteiger partial charge in [0, 0.05) is 22.6 Å². The van der Waals surface area contributed by atoms with Crippen LogP contribution in [0.1, 0.15) is 55.9 Å². The number of halogens is 2. The van der Waals surface area contributed by atoms with Gasteiger partial charge in [-0.25, -0.2) is 0 Å². The summed E-state index contributed by atoms with van der Waals surface area (Å²) >= 11 is 12.4. The smallest absolute Gasteiger partial charge is 0.261 e. The van der Waals surface area contributed by atoms with Gasteiger partial charge in [-0.1, -0.05) is 49.2 Å². The van der Waals surface area contributed by atoms with Gasteiger partial charge in [0.1, 0.15) is 11.8 Å². The highest BCUT2D eigenvalue weighted by atomic mass is 35.5. The molecular formula is C26H34Cl2N2O3. The van der Waals surface area contributed by atoms with Crippen LogP contribution < -0.4 is 10.1 Å². The van der Waals surface area contributed by atoms with Crippen molar-refractivity contribution >= 4 is 35.0 Å². The molecule has 180 valence electrons. The highest BCUT2D eigenvalue weighted by molar-refractivity contribution is 6.35. The van der Waals surface area contributed by atoms with E-state index in [4.69, 9.17) is 27.9 Å². The second kappa shape index (κ2) is 12.3. The Bertz CT molecular complexity index is 994. The molecule has 0 saturated heterocycles. The van der Waals surface area contributed by atoms with Crippen LogP contribution in [0.15, 0.2) is 30.3 Å². The fourth-order valence-corrected chi connectivity index (χ4v) is 4.04. The molecule has 7 heteroatoms. The van der Waals surface area contributed by atoms with Gasteiger partial charge in [0.2, 0.25) is 5.91 Å². The first-order chi connectivity index (χ1) is 15.6. The van der Waals surface area contributed by atoms with Crippen LogP contribution in [0.4, 0.5) is 0 Å². The first kappa shape index (κ1) is 27.0. The van der Waals surface area contributed by atoms with E-state index in [-0.39, 0.29) is 31.0 Å². The molecule has 0 aliphatic rings. The van der Waals surface area contributed by atoms with Crippen molar-refractivity contribution in [2.75, 3.05) is 6.61 Å². The molecule has 2 aromatic rings. The van der Waals surface area contributed by atoms with Crippen LogP contribution in [0.25, 0.3) is 0 Å². The zero-order chi connectivity index (χ0) is 24.7. The standard InChI is InChI=1S/C26H34Cl2N2O3/c1-7-18(5)29-26(32)23(8-2)30(14-20-9-10-21(27)13-22(20)28)25(31)15-33-24-12-16(3)11-17(4)19(24)6/h9-13,18,23H,7-8,14-15H2,1-6H3,(H,29,32)/t18-,23-/m0/s1. The van der Waals surface area contributed by atoms with Gasteiger partial charge in [-0.15, -0.1) is 0 Å². The van der Waals surface area contributed by atoms with Crippen LogP contribution in [-0.4, -0.2) is 35.4 Å². The third kappa shape index (κ3) is 7.38. The normalized spacial score (nSPS) is 12.7. The van der Waals surface area contributed by atoms with Gasteiger partial charge in [-0.3, -0.25) is 9.59 Å². The van der Waals surface area contributed by atoms with Crippen LogP contribution in [0.2, 0.25) is 10.0 Å². The topological polar surface area (TPSA) is 58.6 Å². The number of benzene rings is 2. The molecule has 0 aliphatic heterocycles. The van der Waals surface area contributed by atoms with E-state index in [0.29, 0.717) is 27.8 Å². The van der Waals surface area contributed by atoms with E-state index < -0.39 is 6.04 Å². The number of nitrogens with one attached hydrogen (secondary N) is 1. The van der Waals surface area contributed by atoms with Crippen molar-refractivity contribution in [3.8, 4) is 5.75 Å². The lowest BCUT2D eigenvalue weighted by molar-refractivity contribution is -0.143. The Morgan fingerprint density at radius 2 is 1.76 bits per heavy atom. The fraction of sp³-hybridized carbons (Fsp3) is 0.462. The molecular weight excluding hydrogens is 459 g/mol. The Labute approximate surface area is 207 Å². The number of hydrogen-bond acceptors (Lipinski definition) is 3. The summed E-state index contributed by atoms with van der Waals surface area (Å²) < 4.78 is 5.93. The summed E-state index contributed by atoms with van der Waals surface area (Å²) in [6, 6.07) is 8.49. The SMILES string of the molecule is CC[C@H](C)NC(=O)[C@H](CC)N(Cc1ccc(Cl)cc1Cl)C(=O)COc1cc(C)cc(C)c1C. The molecule has 0 aromatic heterocycles. The number of amides is 2. The monoisotopic (exact) mass is 492 g/mol. The molecule has 0 heterocycles. The summed E-state index contributed by atoms with van der Waals surface area (Å²) in [7, 11) is 0. The summed E-state index contributed by atoms with van der Waals surface area (Å²) in [5.74, 6) is 0.195. The van der Waals surface area contributed by atoms with E-state index in [1.807, 2.05) is 47.6 Å². The fourth-order valence-electron chi connectivity index (χ4n) is 3.57. The number of carbonyl (C=O) groups is 2. The minimum atomic E-state index is -0.651. The molecule has 2 rings (SSSR count). The van der Waals surface area contributed by atoms with Crippen molar-refractivity contribution in [3.05, 3.63) is 62.6 Å². The number of carbonyl (C=O) groups excluding carboxylic acids is 2. The van der Waals surface area contributed by atoms with Crippen LogP contribution in [0, 0.1) is 20.8 Å². The molecule has 2 aromatic carbocycles. The molecule has 0 unspecified atom stereocenters. The predicted molar refractivity (Wildman–Crippen MR) is 135 cm³/mol. The lowest BCUT2D eigenvalue weighted by Gasteiger charge is -2.31. The molecule has 2 atom stereocenters. The highest BCUT2D eigenvalue weighted by Crippen LogP contribution is 2.25. The van der Waals surface area contributed by atoms with E-state index >= 15 is 0 Å². The number of rotatable bonds is 10. The molecule has 5 nitrogen and oxygen atoms in total. The van der Waals surface area contributed by atoms with Gasteiger partial charge in [-0.05, 0) is 81.0 Å². The average molecular weight is 493 g/mol. The van der Waals surface area contributed by atoms with E-state index in [1.54, 1.807) is 23.1 Å². The first-order valence-corrected chi connectivity index (χ1v) is 12.1. The van der Waals surface area contributed by atoms with Gasteiger partial charge < -0.3 is 15.0 Å². The molecule has 2 amide bonds. The molecule has 0 fully saturated rings. The molecule has 33 heavy (non-hydrogen) atoms. The minimum Gasteiger partial charge on any atom is -0.483 e. The molecule has 0 radical (unpaired) electrons. The van der Waals surface area contributed by atoms with Gasteiger partial charge in [0.05, 0.1) is 0 Å². The summed E-state index contributed by atoms with van der Waals surface area (Å²) in [4.78, 5) is 28.0. The van der Waals surface area contributed by atoms with E-state index in [0.717, 1.165) is 23.1 Å². The minimum absolute atomic E-state index is 0.0109. The van der Waals surface area contributed by atoms with Gasteiger partial charge in [0.25, 0.3) is 5.91 Å². The largest absolute Gasteiger partial charge is 0.483 e. The van der Waals surface area contributed by atoms with E-state index in [1.165, 1.54) is 0 Å². The lowest BCUT2D eigenvalue weighted by atomic mass is 10.1. The number of aryl methyl sites for hydroxylation is 2. The highest BCUT2D eigenvalue weighted by Gasteiger charge is 2.30. The van der Waals surface area contributed by atoms with Crippen molar-refractivity contribution in [2.45, 2.75) is 73.0 Å². The summed E-state index contributed by atoms with van der Waals surface area (Å²) in [5.41, 5.74) is 3.86. The maximum Gasteiger partial charge on any atom is 0.261 e. The number of hydrogen-bond donors (Lipinski definition) is 1. The average Bonchev–Trinajstić information content (AvgIpc) is 2.76. The van der Waals surface area contributed by atoms with Gasteiger partial charge >= 0.3 is 0 Å². The Morgan fingerprint density at radius 1 is 1.06 bits per heavy atom. The molecule has 0 spiro atoms. The van der Waals surface area contributed by atoms with Crippen LogP contribution in [0.3, 0.4) is 0 Å². The molecule has 0 saturated carbocycles. The van der Waals surface area contributed by atoms with Crippen LogP contribution in [-0.2, 0) is 16.1 Å². The number of ether oxygens (including phenoxy) is 1.